The van der Waals surface area contributed by atoms with E-state index >= 15 is 0 Å². The van der Waals surface area contributed by atoms with Gasteiger partial charge < -0.3 is 15.4 Å². The predicted octanol–water partition coefficient (Wildman–Crippen LogP) is 2.26. The summed E-state index contributed by atoms with van der Waals surface area (Å²) in [7, 11) is 0. The van der Waals surface area contributed by atoms with Gasteiger partial charge in [0.2, 0.25) is 0 Å². The number of hydrogen-bond donors (Lipinski definition) is 2. The third-order valence-electron chi connectivity index (χ3n) is 4.90. The Labute approximate surface area is 175 Å². The van der Waals surface area contributed by atoms with E-state index in [-0.39, 0.29) is 5.78 Å². The van der Waals surface area contributed by atoms with Crippen molar-refractivity contribution in [3.05, 3.63) is 29.8 Å². The topological polar surface area (TPSA) is 122 Å². The lowest BCUT2D eigenvalue weighted by molar-refractivity contribution is -0.155. The van der Waals surface area contributed by atoms with Crippen LogP contribution in [0.5, 0.6) is 0 Å². The highest BCUT2D eigenvalue weighted by molar-refractivity contribution is 6.08. The van der Waals surface area contributed by atoms with Crippen molar-refractivity contribution in [2.45, 2.75) is 58.6 Å². The summed E-state index contributed by atoms with van der Waals surface area (Å²) in [5.41, 5.74) is -0.0942. The van der Waals surface area contributed by atoms with E-state index < -0.39 is 42.0 Å². The Hall–Kier alpha value is -3.23. The Balaban J connectivity index is 1.90. The summed E-state index contributed by atoms with van der Waals surface area (Å²) in [6, 6.07) is 5.61. The zero-order valence-corrected chi connectivity index (χ0v) is 17.6. The monoisotopic (exact) mass is 417 g/mol. The lowest BCUT2D eigenvalue weighted by Gasteiger charge is -2.21. The first-order chi connectivity index (χ1) is 14.1. The molecular formula is C21H27N3O6. The maximum Gasteiger partial charge on any atom is 0.327 e. The summed E-state index contributed by atoms with van der Waals surface area (Å²) < 4.78 is 5.08. The van der Waals surface area contributed by atoms with E-state index in [4.69, 9.17) is 4.74 Å². The molecule has 162 valence electrons. The van der Waals surface area contributed by atoms with Gasteiger partial charge in [-0.1, -0.05) is 19.8 Å². The number of ketones is 1. The summed E-state index contributed by atoms with van der Waals surface area (Å²) >= 11 is 0. The van der Waals surface area contributed by atoms with Crippen LogP contribution in [0.3, 0.4) is 0 Å². The quantitative estimate of drug-likeness (QED) is 0.361. The molecule has 1 aromatic rings. The lowest BCUT2D eigenvalue weighted by atomic mass is 9.95. The number of nitrogens with zero attached hydrogens (tertiary/aromatic N) is 1. The van der Waals surface area contributed by atoms with Gasteiger partial charge in [-0.15, -0.1) is 0 Å². The lowest BCUT2D eigenvalue weighted by Crippen LogP contribution is -2.44. The molecule has 0 spiro atoms. The van der Waals surface area contributed by atoms with Crippen LogP contribution in [0, 0.1) is 0 Å². The fourth-order valence-corrected chi connectivity index (χ4v) is 3.04. The molecule has 4 amide bonds. The van der Waals surface area contributed by atoms with Crippen LogP contribution in [-0.4, -0.2) is 52.7 Å². The molecule has 1 fully saturated rings. The molecule has 1 heterocycles. The Morgan fingerprint density at radius 2 is 1.83 bits per heavy atom. The van der Waals surface area contributed by atoms with Gasteiger partial charge in [0.05, 0.1) is 0 Å². The molecule has 1 aliphatic heterocycles. The predicted molar refractivity (Wildman–Crippen MR) is 109 cm³/mol. The second-order valence-electron chi connectivity index (χ2n) is 7.51. The van der Waals surface area contributed by atoms with E-state index in [2.05, 4.69) is 10.6 Å². The summed E-state index contributed by atoms with van der Waals surface area (Å²) in [5, 5.41) is 5.19. The van der Waals surface area contributed by atoms with Crippen LogP contribution in [0.1, 0.15) is 57.3 Å². The van der Waals surface area contributed by atoms with Crippen molar-refractivity contribution < 1.29 is 28.7 Å². The second-order valence-corrected chi connectivity index (χ2v) is 7.51. The number of esters is 1. The highest BCUT2D eigenvalue weighted by Crippen LogP contribution is 2.23. The molecule has 0 aliphatic carbocycles. The fraction of sp³-hybridized carbons (Fsp3) is 0.476. The zero-order chi connectivity index (χ0) is 22.5. The summed E-state index contributed by atoms with van der Waals surface area (Å²) in [6.45, 7) is 5.85. The van der Waals surface area contributed by atoms with Crippen molar-refractivity contribution in [1.82, 2.24) is 10.2 Å². The van der Waals surface area contributed by atoms with E-state index in [0.717, 1.165) is 17.7 Å². The van der Waals surface area contributed by atoms with Crippen LogP contribution in [0.2, 0.25) is 0 Å². The number of carbonyl (C=O) groups is 5. The molecule has 0 saturated carbocycles. The summed E-state index contributed by atoms with van der Waals surface area (Å²) in [6.07, 6.45) is 0.953. The third kappa shape index (κ3) is 5.43. The average Bonchev–Trinajstić information content (AvgIpc) is 2.90. The van der Waals surface area contributed by atoms with Gasteiger partial charge in [0, 0.05) is 11.3 Å². The Bertz CT molecular complexity index is 851. The molecule has 2 rings (SSSR count). The van der Waals surface area contributed by atoms with E-state index in [1.165, 1.54) is 13.8 Å². The number of carbonyl (C=O) groups excluding carboxylic acids is 5. The van der Waals surface area contributed by atoms with Crippen molar-refractivity contribution in [1.29, 1.82) is 0 Å². The minimum Gasteiger partial charge on any atom is -0.451 e. The number of nitrogens with one attached hydrogen (secondary N) is 2. The van der Waals surface area contributed by atoms with Crippen molar-refractivity contribution in [2.24, 2.45) is 0 Å². The molecule has 0 unspecified atom stereocenters. The molecule has 1 saturated heterocycles. The molecule has 0 radical (unpaired) electrons. The Morgan fingerprint density at radius 1 is 1.20 bits per heavy atom. The molecular weight excluding hydrogens is 390 g/mol. The third-order valence-corrected chi connectivity index (χ3v) is 4.90. The summed E-state index contributed by atoms with van der Waals surface area (Å²) in [5.74, 6) is -2.03. The number of amides is 4. The maximum absolute atomic E-state index is 12.5. The standard InChI is InChI=1S/C21H27N3O6/c1-5-6-11-21(4)19(28)24(20(29)23-21)12-17(26)30-14(3)18(27)22-16-9-7-15(8-10-16)13(2)25/h7-10,14H,5-6,11-12H2,1-4H3,(H,22,27)(H,23,29)/t14-,21+/m0/s1. The number of unbranched alkanes of at least 4 members (excludes halogenated alkanes) is 1. The van der Waals surface area contributed by atoms with E-state index in [0.29, 0.717) is 17.7 Å². The highest BCUT2D eigenvalue weighted by Gasteiger charge is 2.48. The van der Waals surface area contributed by atoms with Crippen molar-refractivity contribution in [3.63, 3.8) is 0 Å². The van der Waals surface area contributed by atoms with Crippen molar-refractivity contribution in [3.8, 4) is 0 Å². The highest BCUT2D eigenvalue weighted by atomic mass is 16.5. The van der Waals surface area contributed by atoms with Gasteiger partial charge in [0.15, 0.2) is 11.9 Å². The zero-order valence-electron chi connectivity index (χ0n) is 17.6. The fourth-order valence-electron chi connectivity index (χ4n) is 3.04. The van der Waals surface area contributed by atoms with E-state index in [1.807, 2.05) is 6.92 Å². The second kappa shape index (κ2) is 9.51. The van der Waals surface area contributed by atoms with Gasteiger partial charge in [-0.25, -0.2) is 4.79 Å². The van der Waals surface area contributed by atoms with Crippen LogP contribution < -0.4 is 10.6 Å². The van der Waals surface area contributed by atoms with Crippen molar-refractivity contribution >= 4 is 35.3 Å². The van der Waals surface area contributed by atoms with Crippen LogP contribution >= 0.6 is 0 Å². The minimum atomic E-state index is -1.14. The molecule has 1 aliphatic rings. The van der Waals surface area contributed by atoms with Crippen LogP contribution in [0.4, 0.5) is 10.5 Å². The Kier molecular flexibility index (Phi) is 7.31. The number of rotatable bonds is 9. The molecule has 9 nitrogen and oxygen atoms in total. The summed E-state index contributed by atoms with van der Waals surface area (Å²) in [4.78, 5) is 61.2. The number of benzene rings is 1. The first-order valence-electron chi connectivity index (χ1n) is 9.83. The molecule has 0 aromatic heterocycles. The van der Waals surface area contributed by atoms with Gasteiger partial charge in [0.1, 0.15) is 12.1 Å². The van der Waals surface area contributed by atoms with E-state index in [9.17, 15) is 24.0 Å². The molecule has 30 heavy (non-hydrogen) atoms. The number of ether oxygens (including phenoxy) is 1. The normalized spacial score (nSPS) is 19.3. The number of anilines is 1. The van der Waals surface area contributed by atoms with Gasteiger partial charge >= 0.3 is 12.0 Å². The van der Waals surface area contributed by atoms with Gasteiger partial charge in [-0.05, 0) is 51.5 Å². The maximum atomic E-state index is 12.5. The smallest absolute Gasteiger partial charge is 0.327 e. The first-order valence-corrected chi connectivity index (χ1v) is 9.83. The van der Waals surface area contributed by atoms with Gasteiger partial charge in [-0.2, -0.15) is 0 Å². The molecule has 9 heteroatoms. The molecule has 2 N–H and O–H groups in total. The average molecular weight is 417 g/mol. The first kappa shape index (κ1) is 23.1. The minimum absolute atomic E-state index is 0.0959. The van der Waals surface area contributed by atoms with E-state index in [1.54, 1.807) is 31.2 Å². The molecule has 2 atom stereocenters. The largest absolute Gasteiger partial charge is 0.451 e. The molecule has 0 bridgehead atoms. The van der Waals surface area contributed by atoms with Crippen molar-refractivity contribution in [2.75, 3.05) is 11.9 Å². The van der Waals surface area contributed by atoms with Crippen LogP contribution in [0.15, 0.2) is 24.3 Å². The number of hydrogen-bond acceptors (Lipinski definition) is 6. The number of urea groups is 1. The SMILES string of the molecule is CCCC[C@@]1(C)NC(=O)N(CC(=O)O[C@@H](C)C(=O)Nc2ccc(C(C)=O)cc2)C1=O. The van der Waals surface area contributed by atoms with Crippen LogP contribution in [-0.2, 0) is 19.1 Å². The van der Waals surface area contributed by atoms with Crippen LogP contribution in [0.25, 0.3) is 0 Å². The van der Waals surface area contributed by atoms with Gasteiger partial charge in [-0.3, -0.25) is 24.1 Å². The number of Topliss-reactive ketones (excluding diaryl/α,β-unsaturated/α-hetero) is 1. The van der Waals surface area contributed by atoms with Gasteiger partial charge in [0.25, 0.3) is 11.8 Å². The Morgan fingerprint density at radius 3 is 2.40 bits per heavy atom. The molecule has 1 aromatic carbocycles. The number of imide groups is 1.